The Labute approximate surface area is 112 Å². The summed E-state index contributed by atoms with van der Waals surface area (Å²) in [6.45, 7) is 1.97. The van der Waals surface area contributed by atoms with E-state index < -0.39 is 6.41 Å². The van der Waals surface area contributed by atoms with Crippen molar-refractivity contribution in [1.82, 2.24) is 4.98 Å². The zero-order chi connectivity index (χ0) is 14.0. The lowest BCUT2D eigenvalue weighted by molar-refractivity contribution is -0.0991. The van der Waals surface area contributed by atoms with Crippen molar-refractivity contribution in [3.63, 3.8) is 0 Å². The van der Waals surface area contributed by atoms with Crippen molar-refractivity contribution in [3.8, 4) is 0 Å². The van der Waals surface area contributed by atoms with E-state index in [0.29, 0.717) is 5.69 Å². The first-order valence-corrected chi connectivity index (χ1v) is 6.01. The van der Waals surface area contributed by atoms with Crippen molar-refractivity contribution in [3.05, 3.63) is 30.1 Å². The predicted octanol–water partition coefficient (Wildman–Crippen LogP) is 2.14. The van der Waals surface area contributed by atoms with Gasteiger partial charge in [-0.2, -0.15) is 0 Å². The molecule has 2 N–H and O–H groups in total. The summed E-state index contributed by atoms with van der Waals surface area (Å²) in [7, 11) is 5.12. The van der Waals surface area contributed by atoms with Crippen molar-refractivity contribution in [2.24, 2.45) is 0 Å². The van der Waals surface area contributed by atoms with Crippen LogP contribution in [0.25, 0.3) is 10.8 Å². The van der Waals surface area contributed by atoms with Crippen molar-refractivity contribution in [1.29, 1.82) is 0 Å². The van der Waals surface area contributed by atoms with E-state index in [4.69, 9.17) is 15.2 Å². The largest absolute Gasteiger partial charge is 0.397 e. The van der Waals surface area contributed by atoms with Gasteiger partial charge in [-0.15, -0.1) is 0 Å². The van der Waals surface area contributed by atoms with Gasteiger partial charge in [0.15, 0.2) is 0 Å². The first-order valence-electron chi connectivity index (χ1n) is 6.01. The molecule has 0 fully saturated rings. The van der Waals surface area contributed by atoms with E-state index in [9.17, 15) is 0 Å². The van der Waals surface area contributed by atoms with Gasteiger partial charge in [-0.3, -0.25) is 4.98 Å². The van der Waals surface area contributed by atoms with E-state index in [1.54, 1.807) is 20.4 Å². The number of hydrogen-bond acceptors (Lipinski definition) is 5. The van der Waals surface area contributed by atoms with Gasteiger partial charge >= 0.3 is 0 Å². The molecule has 0 amide bonds. The maximum absolute atomic E-state index is 5.99. The fourth-order valence-electron chi connectivity index (χ4n) is 2.15. The maximum atomic E-state index is 5.99. The van der Waals surface area contributed by atoms with Crippen molar-refractivity contribution < 1.29 is 9.47 Å². The predicted molar refractivity (Wildman–Crippen MR) is 77.1 cm³/mol. The van der Waals surface area contributed by atoms with Crippen LogP contribution in [0.15, 0.2) is 24.4 Å². The fourth-order valence-corrected chi connectivity index (χ4v) is 2.15. The van der Waals surface area contributed by atoms with Gasteiger partial charge in [0, 0.05) is 43.4 Å². The number of methoxy groups -OCH3 is 2. The van der Waals surface area contributed by atoms with E-state index in [2.05, 4.69) is 4.98 Å². The molecule has 0 saturated carbocycles. The van der Waals surface area contributed by atoms with Gasteiger partial charge in [0.1, 0.15) is 0 Å². The number of anilines is 2. The van der Waals surface area contributed by atoms with Crippen LogP contribution in [-0.4, -0.2) is 32.7 Å². The minimum absolute atomic E-state index is 0.429. The van der Waals surface area contributed by atoms with Gasteiger partial charge in [0.05, 0.1) is 11.9 Å². The van der Waals surface area contributed by atoms with E-state index in [0.717, 1.165) is 22.2 Å². The van der Waals surface area contributed by atoms with Crippen molar-refractivity contribution in [2.45, 2.75) is 13.3 Å². The smallest absolute Gasteiger partial charge is 0.239 e. The molecule has 0 aliphatic rings. The molecule has 5 heteroatoms. The van der Waals surface area contributed by atoms with Crippen LogP contribution in [0.4, 0.5) is 11.4 Å². The highest BCUT2D eigenvalue weighted by Crippen LogP contribution is 2.28. The SMILES string of the molecule is COC(OC)N(C)c1ccc2c(C)ncc(N)c2c1. The summed E-state index contributed by atoms with van der Waals surface area (Å²) in [6, 6.07) is 6.04. The molecule has 102 valence electrons. The van der Waals surface area contributed by atoms with Crippen molar-refractivity contribution in [2.75, 3.05) is 31.9 Å². The van der Waals surface area contributed by atoms with Crippen LogP contribution in [0.2, 0.25) is 0 Å². The van der Waals surface area contributed by atoms with Crippen LogP contribution in [0.3, 0.4) is 0 Å². The van der Waals surface area contributed by atoms with Gasteiger partial charge in [-0.25, -0.2) is 0 Å². The van der Waals surface area contributed by atoms with Gasteiger partial charge in [0.25, 0.3) is 0 Å². The summed E-state index contributed by atoms with van der Waals surface area (Å²) in [5.41, 5.74) is 8.60. The highest BCUT2D eigenvalue weighted by molar-refractivity contribution is 5.96. The van der Waals surface area contributed by atoms with Gasteiger partial charge in [-0.05, 0) is 19.1 Å². The normalized spacial score (nSPS) is 11.2. The molecule has 0 aliphatic carbocycles. The average molecular weight is 261 g/mol. The maximum Gasteiger partial charge on any atom is 0.239 e. The number of rotatable bonds is 4. The molecule has 0 aliphatic heterocycles. The minimum Gasteiger partial charge on any atom is -0.397 e. The highest BCUT2D eigenvalue weighted by Gasteiger charge is 2.14. The van der Waals surface area contributed by atoms with Crippen LogP contribution in [0.1, 0.15) is 5.69 Å². The van der Waals surface area contributed by atoms with E-state index in [1.807, 2.05) is 37.1 Å². The quantitative estimate of drug-likeness (QED) is 0.854. The Balaban J connectivity index is 2.49. The zero-order valence-corrected chi connectivity index (χ0v) is 11.7. The number of aromatic nitrogens is 1. The topological polar surface area (TPSA) is 60.6 Å². The Morgan fingerprint density at radius 2 is 1.89 bits per heavy atom. The van der Waals surface area contributed by atoms with Crippen LogP contribution in [0, 0.1) is 6.92 Å². The number of fused-ring (bicyclic) bond motifs is 1. The second-order valence-corrected chi connectivity index (χ2v) is 4.42. The van der Waals surface area contributed by atoms with Crippen LogP contribution in [0.5, 0.6) is 0 Å². The molecule has 0 atom stereocenters. The lowest BCUT2D eigenvalue weighted by Gasteiger charge is -2.27. The molecule has 0 bridgehead atoms. The lowest BCUT2D eigenvalue weighted by atomic mass is 10.1. The first kappa shape index (κ1) is 13.6. The molecular formula is C14H19N3O2. The summed E-state index contributed by atoms with van der Waals surface area (Å²) >= 11 is 0. The van der Waals surface area contributed by atoms with Crippen LogP contribution < -0.4 is 10.6 Å². The molecule has 19 heavy (non-hydrogen) atoms. The molecule has 1 aromatic heterocycles. The standard InChI is InChI=1S/C14H19N3O2/c1-9-11-6-5-10(17(2)14(18-3)19-4)7-12(11)13(15)8-16-9/h5-8,14H,15H2,1-4H3. The molecule has 0 spiro atoms. The molecule has 2 aromatic rings. The Morgan fingerprint density at radius 3 is 2.53 bits per heavy atom. The fraction of sp³-hybridized carbons (Fsp3) is 0.357. The number of ether oxygens (including phenoxy) is 2. The monoisotopic (exact) mass is 261 g/mol. The Hall–Kier alpha value is -1.85. The minimum atomic E-state index is -0.429. The molecule has 1 aromatic carbocycles. The average Bonchev–Trinajstić information content (AvgIpc) is 2.44. The molecule has 2 rings (SSSR count). The molecule has 1 heterocycles. The number of nitrogens with two attached hydrogens (primary N) is 1. The number of hydrogen-bond donors (Lipinski definition) is 1. The second kappa shape index (κ2) is 5.42. The molecule has 0 radical (unpaired) electrons. The van der Waals surface area contributed by atoms with Gasteiger partial charge in [-0.1, -0.05) is 6.07 Å². The summed E-state index contributed by atoms with van der Waals surface area (Å²) < 4.78 is 10.5. The summed E-state index contributed by atoms with van der Waals surface area (Å²) in [6.07, 6.45) is 1.26. The van der Waals surface area contributed by atoms with Crippen molar-refractivity contribution >= 4 is 22.1 Å². The third-order valence-corrected chi connectivity index (χ3v) is 3.23. The molecule has 5 nitrogen and oxygen atoms in total. The number of benzene rings is 1. The summed E-state index contributed by atoms with van der Waals surface area (Å²) in [5, 5.41) is 2.05. The molecule has 0 unspecified atom stereocenters. The number of nitrogens with zero attached hydrogens (tertiary/aromatic N) is 2. The van der Waals surface area contributed by atoms with Gasteiger partial charge < -0.3 is 20.1 Å². The Bertz CT molecular complexity index is 582. The zero-order valence-electron chi connectivity index (χ0n) is 11.7. The highest BCUT2D eigenvalue weighted by atomic mass is 16.7. The first-order chi connectivity index (χ1) is 9.08. The number of aryl methyl sites for hydroxylation is 1. The van der Waals surface area contributed by atoms with E-state index in [1.165, 1.54) is 0 Å². The third-order valence-electron chi connectivity index (χ3n) is 3.23. The number of pyridine rings is 1. The van der Waals surface area contributed by atoms with E-state index >= 15 is 0 Å². The van der Waals surface area contributed by atoms with Gasteiger partial charge in [0.2, 0.25) is 6.41 Å². The van der Waals surface area contributed by atoms with Crippen LogP contribution >= 0.6 is 0 Å². The number of nitrogen functional groups attached to an aromatic ring is 1. The Morgan fingerprint density at radius 1 is 1.21 bits per heavy atom. The second-order valence-electron chi connectivity index (χ2n) is 4.42. The summed E-state index contributed by atoms with van der Waals surface area (Å²) in [4.78, 5) is 6.16. The lowest BCUT2D eigenvalue weighted by Crippen LogP contribution is -2.34. The third kappa shape index (κ3) is 2.47. The summed E-state index contributed by atoms with van der Waals surface area (Å²) in [5.74, 6) is 0. The molecular weight excluding hydrogens is 242 g/mol. The van der Waals surface area contributed by atoms with E-state index in [-0.39, 0.29) is 0 Å². The Kier molecular flexibility index (Phi) is 3.87. The van der Waals surface area contributed by atoms with Crippen LogP contribution in [-0.2, 0) is 9.47 Å². The molecule has 0 saturated heterocycles.